The maximum absolute atomic E-state index is 12.3. The summed E-state index contributed by atoms with van der Waals surface area (Å²) in [6, 6.07) is 22.9. The number of aromatic nitrogens is 6. The van der Waals surface area contributed by atoms with E-state index in [4.69, 9.17) is 20.9 Å². The predicted molar refractivity (Wildman–Crippen MR) is 210 cm³/mol. The minimum absolute atomic E-state index is 0.430. The molecule has 266 valence electrons. The molecule has 0 atom stereocenters. The van der Waals surface area contributed by atoms with Crippen LogP contribution in [0.2, 0.25) is 0 Å². The van der Waals surface area contributed by atoms with E-state index in [0.29, 0.717) is 34.2 Å². The molecule has 2 aromatic carbocycles. The summed E-state index contributed by atoms with van der Waals surface area (Å²) in [5.74, 6) is 3.46. The second-order valence-corrected chi connectivity index (χ2v) is 16.0. The Kier molecular flexibility index (Phi) is 11.5. The van der Waals surface area contributed by atoms with Crippen molar-refractivity contribution < 1.29 is 19.1 Å². The molecule has 4 aromatic heterocycles. The van der Waals surface area contributed by atoms with Gasteiger partial charge in [-0.1, -0.05) is 66.6 Å². The fourth-order valence-corrected chi connectivity index (χ4v) is 5.27. The number of carbonyl (C=O) groups is 2. The standard InChI is InChI=1S/C19H18Br2N4O2.C19H18N4O2/c1-19(2,3)27-18(26)24-16-10-14(12-7-5-4-6-8-12)23-17-13(9-15(20)21)11-22-25(16)17;1-5-13-12-20-23-16(22-18(24)25-19(2,3)4)11-15(21-17(13)23)14-9-7-6-8-10-14/h4-11H,1-3H3,(H,24,26);1,6-12H,2-4H3,(H,22,24). The third kappa shape index (κ3) is 9.83. The summed E-state index contributed by atoms with van der Waals surface area (Å²) in [6.07, 6.45) is 9.47. The van der Waals surface area contributed by atoms with E-state index in [1.165, 1.54) is 10.7 Å². The number of hydrogen-bond donors (Lipinski definition) is 2. The quantitative estimate of drug-likeness (QED) is 0.164. The van der Waals surface area contributed by atoms with Crippen molar-refractivity contribution in [3.05, 3.63) is 99.7 Å². The molecule has 0 radical (unpaired) electrons. The highest BCUT2D eigenvalue weighted by molar-refractivity contribution is 9.28. The largest absolute Gasteiger partial charge is 0.444 e. The van der Waals surface area contributed by atoms with Crippen molar-refractivity contribution in [2.75, 3.05) is 10.6 Å². The summed E-state index contributed by atoms with van der Waals surface area (Å²) in [5.41, 5.74) is 4.47. The minimum atomic E-state index is -0.605. The van der Waals surface area contributed by atoms with Crippen LogP contribution >= 0.6 is 31.9 Å². The molecule has 0 saturated carbocycles. The van der Waals surface area contributed by atoms with Crippen LogP contribution in [0, 0.1) is 12.3 Å². The molecule has 52 heavy (non-hydrogen) atoms. The van der Waals surface area contributed by atoms with Crippen molar-refractivity contribution in [2.45, 2.75) is 52.7 Å². The first-order valence-corrected chi connectivity index (χ1v) is 17.6. The van der Waals surface area contributed by atoms with Crippen molar-refractivity contribution in [3.63, 3.8) is 0 Å². The van der Waals surface area contributed by atoms with Gasteiger partial charge in [-0.2, -0.15) is 19.2 Å². The van der Waals surface area contributed by atoms with Gasteiger partial charge in [-0.05, 0) is 79.5 Å². The van der Waals surface area contributed by atoms with Gasteiger partial charge in [0.1, 0.15) is 22.8 Å². The highest BCUT2D eigenvalue weighted by atomic mass is 79.9. The Bertz CT molecular complexity index is 2300. The zero-order valence-electron chi connectivity index (χ0n) is 29.3. The van der Waals surface area contributed by atoms with Crippen LogP contribution in [-0.4, -0.2) is 52.6 Å². The zero-order valence-corrected chi connectivity index (χ0v) is 32.5. The first-order valence-electron chi connectivity index (χ1n) is 16.0. The number of rotatable bonds is 5. The Balaban J connectivity index is 0.000000202. The Hall–Kier alpha value is -5.52. The molecule has 0 unspecified atom stereocenters. The van der Waals surface area contributed by atoms with E-state index in [0.717, 1.165) is 25.8 Å². The van der Waals surface area contributed by atoms with Crippen molar-refractivity contribution in [1.29, 1.82) is 0 Å². The molecule has 14 heteroatoms. The smallest absolute Gasteiger partial charge is 0.413 e. The van der Waals surface area contributed by atoms with E-state index in [-0.39, 0.29) is 0 Å². The predicted octanol–water partition coefficient (Wildman–Crippen LogP) is 9.56. The van der Waals surface area contributed by atoms with Gasteiger partial charge in [-0.15, -0.1) is 6.42 Å². The second-order valence-electron chi connectivity index (χ2n) is 13.2. The highest BCUT2D eigenvalue weighted by Crippen LogP contribution is 2.27. The summed E-state index contributed by atoms with van der Waals surface area (Å²) in [4.78, 5) is 33.8. The molecule has 0 aliphatic carbocycles. The van der Waals surface area contributed by atoms with Crippen LogP contribution in [0.15, 0.2) is 88.6 Å². The SMILES string of the molecule is C#Cc1cnn2c(NC(=O)OC(C)(C)C)cc(-c3ccccc3)nc12.CC(C)(C)OC(=O)Nc1cc(-c2ccccc2)nc2c(C=C(Br)Br)cnn12. The lowest BCUT2D eigenvalue weighted by molar-refractivity contribution is 0.0623. The maximum atomic E-state index is 12.3. The van der Waals surface area contributed by atoms with Gasteiger partial charge in [-0.3, -0.25) is 10.6 Å². The number of ether oxygens (including phenoxy) is 2. The fourth-order valence-electron chi connectivity index (χ4n) is 4.77. The van der Waals surface area contributed by atoms with Crippen LogP contribution in [0.5, 0.6) is 0 Å². The van der Waals surface area contributed by atoms with Gasteiger partial charge in [0, 0.05) is 28.8 Å². The number of halogens is 2. The maximum Gasteiger partial charge on any atom is 0.413 e. The Morgan fingerprint density at radius 3 is 1.62 bits per heavy atom. The van der Waals surface area contributed by atoms with E-state index < -0.39 is 23.4 Å². The lowest BCUT2D eigenvalue weighted by Crippen LogP contribution is -2.28. The van der Waals surface area contributed by atoms with Crippen LogP contribution in [0.3, 0.4) is 0 Å². The number of fused-ring (bicyclic) bond motifs is 2. The lowest BCUT2D eigenvalue weighted by atomic mass is 10.1. The third-order valence-corrected chi connectivity index (χ3v) is 7.25. The van der Waals surface area contributed by atoms with Gasteiger partial charge in [0.25, 0.3) is 0 Å². The first kappa shape index (κ1) is 37.7. The summed E-state index contributed by atoms with van der Waals surface area (Å²) < 4.78 is 14.5. The second kappa shape index (κ2) is 15.8. The number of hydrogen-bond acceptors (Lipinski definition) is 8. The van der Waals surface area contributed by atoms with Gasteiger partial charge in [0.2, 0.25) is 0 Å². The van der Waals surface area contributed by atoms with E-state index in [9.17, 15) is 9.59 Å². The lowest BCUT2D eigenvalue weighted by Gasteiger charge is -2.20. The Labute approximate surface area is 317 Å². The number of nitrogens with one attached hydrogen (secondary N) is 2. The monoisotopic (exact) mass is 826 g/mol. The minimum Gasteiger partial charge on any atom is -0.444 e. The molecular formula is C38H36Br2N8O4. The van der Waals surface area contributed by atoms with Gasteiger partial charge in [0.05, 0.1) is 32.7 Å². The van der Waals surface area contributed by atoms with Gasteiger partial charge in [0.15, 0.2) is 11.3 Å². The van der Waals surface area contributed by atoms with Crippen LogP contribution < -0.4 is 10.6 Å². The number of nitrogens with zero attached hydrogens (tertiary/aromatic N) is 6. The average Bonchev–Trinajstić information content (AvgIpc) is 3.68. The normalized spacial score (nSPS) is 11.2. The summed E-state index contributed by atoms with van der Waals surface area (Å²) in [7, 11) is 0. The highest BCUT2D eigenvalue weighted by Gasteiger charge is 2.21. The molecule has 0 aliphatic rings. The number of amides is 2. The summed E-state index contributed by atoms with van der Waals surface area (Å²) >= 11 is 6.72. The molecule has 0 aliphatic heterocycles. The van der Waals surface area contributed by atoms with E-state index in [2.05, 4.69) is 63.6 Å². The fraction of sp³-hybridized carbons (Fsp3) is 0.211. The molecule has 4 heterocycles. The molecule has 0 fully saturated rings. The molecule has 6 rings (SSSR count). The van der Waals surface area contributed by atoms with Gasteiger partial charge < -0.3 is 9.47 Å². The number of anilines is 2. The van der Waals surface area contributed by atoms with Crippen molar-refractivity contribution >= 4 is 73.1 Å². The number of carbonyl (C=O) groups excluding carboxylic acids is 2. The van der Waals surface area contributed by atoms with Crippen LogP contribution in [-0.2, 0) is 9.47 Å². The van der Waals surface area contributed by atoms with Crippen molar-refractivity contribution in [3.8, 4) is 34.9 Å². The van der Waals surface area contributed by atoms with E-state index >= 15 is 0 Å². The summed E-state index contributed by atoms with van der Waals surface area (Å²) in [6.45, 7) is 10.8. The third-order valence-electron chi connectivity index (χ3n) is 6.79. The molecule has 0 spiro atoms. The molecule has 0 saturated heterocycles. The zero-order chi connectivity index (χ0) is 37.6. The molecule has 0 bridgehead atoms. The van der Waals surface area contributed by atoms with E-state index in [1.54, 1.807) is 43.6 Å². The molecule has 12 nitrogen and oxygen atoms in total. The van der Waals surface area contributed by atoms with E-state index in [1.807, 2.05) is 87.5 Å². The van der Waals surface area contributed by atoms with Crippen LogP contribution in [0.1, 0.15) is 52.7 Å². The van der Waals surface area contributed by atoms with Crippen LogP contribution in [0.4, 0.5) is 21.2 Å². The number of terminal acetylenes is 1. The Morgan fingerprint density at radius 1 is 0.731 bits per heavy atom. The van der Waals surface area contributed by atoms with Crippen LogP contribution in [0.25, 0.3) is 39.9 Å². The topological polar surface area (TPSA) is 137 Å². The molecule has 6 aromatic rings. The first-order chi connectivity index (χ1) is 24.6. The van der Waals surface area contributed by atoms with Gasteiger partial charge >= 0.3 is 12.2 Å². The van der Waals surface area contributed by atoms with Crippen molar-refractivity contribution in [1.82, 2.24) is 29.2 Å². The average molecular weight is 829 g/mol. The number of benzene rings is 2. The van der Waals surface area contributed by atoms with Crippen molar-refractivity contribution in [2.24, 2.45) is 0 Å². The summed E-state index contributed by atoms with van der Waals surface area (Å²) in [5, 5.41) is 14.1. The van der Waals surface area contributed by atoms with Gasteiger partial charge in [-0.25, -0.2) is 19.6 Å². The molecule has 2 amide bonds. The molecular weight excluding hydrogens is 792 g/mol. The molecule has 2 N–H and O–H groups in total. The Morgan fingerprint density at radius 2 is 1.17 bits per heavy atom.